The van der Waals surface area contributed by atoms with E-state index in [1.165, 1.54) is 212 Å². The monoisotopic (exact) mass is 905 g/mol. The number of hydrogen-bond acceptors (Lipinski definition) is 6. The number of unbranched alkanes of at least 4 members (excludes halogenated alkanes) is 37. The molecule has 64 heavy (non-hydrogen) atoms. The summed E-state index contributed by atoms with van der Waals surface area (Å²) in [6.45, 7) is 11.4. The molecule has 0 unspecified atom stereocenters. The van der Waals surface area contributed by atoms with Crippen LogP contribution in [-0.2, 0) is 28.6 Å². The zero-order valence-corrected chi connectivity index (χ0v) is 43.9. The predicted octanol–water partition coefficient (Wildman–Crippen LogP) is 18.9. The van der Waals surface area contributed by atoms with Gasteiger partial charge >= 0.3 is 17.9 Å². The van der Waals surface area contributed by atoms with Crippen LogP contribution in [0.15, 0.2) is 0 Å². The normalized spacial score (nSPS) is 12.0. The molecule has 0 aromatic rings. The molecule has 0 saturated carbocycles. The van der Waals surface area contributed by atoms with Crippen LogP contribution in [0.3, 0.4) is 0 Å². The maximum atomic E-state index is 12.8. The number of hydrogen-bond donors (Lipinski definition) is 0. The summed E-state index contributed by atoms with van der Waals surface area (Å²) in [5.74, 6) is 0.843. The Labute approximate surface area is 399 Å². The standard InChI is InChI=1S/C58H112O6/c1-6-7-8-9-10-11-21-28-33-38-43-48-56(59)62-51-55(64-58(61)50-45-40-35-30-25-20-23-27-32-37-42-47-54(4)5)52-63-57(60)49-44-39-34-29-24-19-17-15-13-12-14-16-18-22-26-31-36-41-46-53(2)3/h53-55H,6-52H2,1-5H3/t55-/m0/s1. The molecule has 0 aromatic carbocycles. The quantitative estimate of drug-likeness (QED) is 0.0344. The fourth-order valence-corrected chi connectivity index (χ4v) is 8.87. The van der Waals surface area contributed by atoms with E-state index in [-0.39, 0.29) is 31.1 Å². The minimum absolute atomic E-state index is 0.0628. The van der Waals surface area contributed by atoms with E-state index >= 15 is 0 Å². The predicted molar refractivity (Wildman–Crippen MR) is 275 cm³/mol. The zero-order valence-electron chi connectivity index (χ0n) is 43.9. The Balaban J connectivity index is 4.22. The van der Waals surface area contributed by atoms with Crippen molar-refractivity contribution >= 4 is 17.9 Å². The summed E-state index contributed by atoms with van der Waals surface area (Å²) < 4.78 is 16.9. The van der Waals surface area contributed by atoms with Gasteiger partial charge in [0.25, 0.3) is 0 Å². The van der Waals surface area contributed by atoms with Crippen LogP contribution in [0, 0.1) is 11.8 Å². The van der Waals surface area contributed by atoms with Crippen molar-refractivity contribution < 1.29 is 28.6 Å². The molecule has 0 aliphatic carbocycles. The minimum Gasteiger partial charge on any atom is -0.462 e. The Bertz CT molecular complexity index is 978. The lowest BCUT2D eigenvalue weighted by Crippen LogP contribution is -2.30. The Morgan fingerprint density at radius 3 is 0.766 bits per heavy atom. The molecule has 0 heterocycles. The lowest BCUT2D eigenvalue weighted by atomic mass is 10.0. The number of rotatable bonds is 52. The maximum Gasteiger partial charge on any atom is 0.306 e. The van der Waals surface area contributed by atoms with Crippen molar-refractivity contribution in [3.05, 3.63) is 0 Å². The molecule has 0 bridgehead atoms. The topological polar surface area (TPSA) is 78.9 Å². The van der Waals surface area contributed by atoms with E-state index < -0.39 is 6.10 Å². The highest BCUT2D eigenvalue weighted by atomic mass is 16.6. The second-order valence-electron chi connectivity index (χ2n) is 20.9. The molecule has 0 spiro atoms. The highest BCUT2D eigenvalue weighted by molar-refractivity contribution is 5.71. The average Bonchev–Trinajstić information content (AvgIpc) is 3.27. The molecule has 0 fully saturated rings. The van der Waals surface area contributed by atoms with Crippen LogP contribution in [0.25, 0.3) is 0 Å². The van der Waals surface area contributed by atoms with Crippen LogP contribution in [0.1, 0.15) is 324 Å². The first-order valence-corrected chi connectivity index (χ1v) is 28.7. The molecule has 380 valence electrons. The summed E-state index contributed by atoms with van der Waals surface area (Å²) in [6, 6.07) is 0. The molecule has 1 atom stereocenters. The maximum absolute atomic E-state index is 12.8. The summed E-state index contributed by atoms with van der Waals surface area (Å²) >= 11 is 0. The molecule has 0 N–H and O–H groups in total. The SMILES string of the molecule is CCCCCCCCCCCCCC(=O)OC[C@@H](COC(=O)CCCCCCCCCCCCCCCCCCCCC(C)C)OC(=O)CCCCCCCCCCCCCC(C)C. The molecule has 0 aliphatic rings. The Kier molecular flexibility index (Phi) is 49.6. The highest BCUT2D eigenvalue weighted by Crippen LogP contribution is 2.18. The summed E-state index contributed by atoms with van der Waals surface area (Å²) in [5.41, 5.74) is 0. The van der Waals surface area contributed by atoms with Gasteiger partial charge < -0.3 is 14.2 Å². The number of carbonyl (C=O) groups excluding carboxylic acids is 3. The van der Waals surface area contributed by atoms with Crippen LogP contribution in [0.2, 0.25) is 0 Å². The van der Waals surface area contributed by atoms with E-state index in [0.717, 1.165) is 69.6 Å². The summed E-state index contributed by atoms with van der Waals surface area (Å²) in [4.78, 5) is 38.1. The van der Waals surface area contributed by atoms with Gasteiger partial charge in [0.1, 0.15) is 13.2 Å². The van der Waals surface area contributed by atoms with Gasteiger partial charge in [0.2, 0.25) is 0 Å². The smallest absolute Gasteiger partial charge is 0.306 e. The molecule has 0 amide bonds. The van der Waals surface area contributed by atoms with E-state index in [9.17, 15) is 14.4 Å². The largest absolute Gasteiger partial charge is 0.462 e. The van der Waals surface area contributed by atoms with Crippen LogP contribution in [0.5, 0.6) is 0 Å². The molecule has 0 rings (SSSR count). The molecular weight excluding hydrogens is 793 g/mol. The third-order valence-corrected chi connectivity index (χ3v) is 13.2. The van der Waals surface area contributed by atoms with Crippen molar-refractivity contribution in [2.75, 3.05) is 13.2 Å². The van der Waals surface area contributed by atoms with E-state index in [1.807, 2.05) is 0 Å². The molecule has 0 saturated heterocycles. The first kappa shape index (κ1) is 62.4. The van der Waals surface area contributed by atoms with Crippen molar-refractivity contribution in [3.8, 4) is 0 Å². The van der Waals surface area contributed by atoms with Gasteiger partial charge in [-0.05, 0) is 31.1 Å². The molecule has 0 aliphatic heterocycles. The zero-order chi connectivity index (χ0) is 46.8. The average molecular weight is 906 g/mol. The van der Waals surface area contributed by atoms with E-state index in [1.54, 1.807) is 0 Å². The van der Waals surface area contributed by atoms with Crippen LogP contribution in [-0.4, -0.2) is 37.2 Å². The van der Waals surface area contributed by atoms with Gasteiger partial charge in [-0.15, -0.1) is 0 Å². The van der Waals surface area contributed by atoms with Gasteiger partial charge in [-0.3, -0.25) is 14.4 Å². The van der Waals surface area contributed by atoms with Crippen LogP contribution < -0.4 is 0 Å². The molecule has 0 aromatic heterocycles. The van der Waals surface area contributed by atoms with Gasteiger partial charge in [-0.25, -0.2) is 0 Å². The molecular formula is C58H112O6. The fourth-order valence-electron chi connectivity index (χ4n) is 8.87. The van der Waals surface area contributed by atoms with E-state index in [4.69, 9.17) is 14.2 Å². The molecule has 6 nitrogen and oxygen atoms in total. The third-order valence-electron chi connectivity index (χ3n) is 13.2. The summed E-state index contributed by atoms with van der Waals surface area (Å²) in [5, 5.41) is 0. The fraction of sp³-hybridized carbons (Fsp3) is 0.948. The number of carbonyl (C=O) groups is 3. The van der Waals surface area contributed by atoms with Crippen molar-refractivity contribution in [2.45, 2.75) is 330 Å². The second kappa shape index (κ2) is 50.8. The van der Waals surface area contributed by atoms with Crippen molar-refractivity contribution in [1.29, 1.82) is 0 Å². The number of ether oxygens (including phenoxy) is 3. The van der Waals surface area contributed by atoms with Crippen LogP contribution in [0.4, 0.5) is 0 Å². The highest BCUT2D eigenvalue weighted by Gasteiger charge is 2.19. The summed E-state index contributed by atoms with van der Waals surface area (Å²) in [7, 11) is 0. The summed E-state index contributed by atoms with van der Waals surface area (Å²) in [6.07, 6.45) is 53.8. The van der Waals surface area contributed by atoms with E-state index in [2.05, 4.69) is 34.6 Å². The first-order chi connectivity index (χ1) is 31.2. The lowest BCUT2D eigenvalue weighted by molar-refractivity contribution is -0.167. The molecule has 0 radical (unpaired) electrons. The Morgan fingerprint density at radius 1 is 0.297 bits per heavy atom. The van der Waals surface area contributed by atoms with E-state index in [0.29, 0.717) is 19.3 Å². The van der Waals surface area contributed by atoms with Gasteiger partial charge in [-0.1, -0.05) is 285 Å². The van der Waals surface area contributed by atoms with Crippen molar-refractivity contribution in [2.24, 2.45) is 11.8 Å². The van der Waals surface area contributed by atoms with Gasteiger partial charge in [0, 0.05) is 19.3 Å². The van der Waals surface area contributed by atoms with Crippen molar-refractivity contribution in [1.82, 2.24) is 0 Å². The second-order valence-corrected chi connectivity index (χ2v) is 20.9. The van der Waals surface area contributed by atoms with Gasteiger partial charge in [0.05, 0.1) is 0 Å². The number of esters is 3. The minimum atomic E-state index is -0.762. The van der Waals surface area contributed by atoms with Gasteiger partial charge in [-0.2, -0.15) is 0 Å². The first-order valence-electron chi connectivity index (χ1n) is 28.7. The van der Waals surface area contributed by atoms with Crippen LogP contribution >= 0.6 is 0 Å². The van der Waals surface area contributed by atoms with Crippen molar-refractivity contribution in [3.63, 3.8) is 0 Å². The third kappa shape index (κ3) is 51.4. The lowest BCUT2D eigenvalue weighted by Gasteiger charge is -2.18. The Hall–Kier alpha value is -1.59. The molecule has 6 heteroatoms. The Morgan fingerprint density at radius 2 is 0.516 bits per heavy atom. The van der Waals surface area contributed by atoms with Gasteiger partial charge in [0.15, 0.2) is 6.10 Å².